The Balaban J connectivity index is 0.00000182. The predicted molar refractivity (Wildman–Crippen MR) is 113 cm³/mol. The summed E-state index contributed by atoms with van der Waals surface area (Å²) in [5.74, 6) is 1.22. The topological polar surface area (TPSA) is 64.7 Å². The fourth-order valence-corrected chi connectivity index (χ4v) is 4.31. The number of hydrogen-bond donors (Lipinski definition) is 2. The number of halogens is 2. The van der Waals surface area contributed by atoms with Gasteiger partial charge in [-0.2, -0.15) is 0 Å². The highest BCUT2D eigenvalue weighted by molar-refractivity contribution is 5.85. The maximum Gasteiger partial charge on any atom is 0.234 e. The van der Waals surface area contributed by atoms with Crippen molar-refractivity contribution in [1.82, 2.24) is 20.4 Å². The Kier molecular flexibility index (Phi) is 11.0. The van der Waals surface area contributed by atoms with Gasteiger partial charge in [-0.1, -0.05) is 6.92 Å². The lowest BCUT2D eigenvalue weighted by Crippen LogP contribution is -2.52. The molecule has 0 bridgehead atoms. The number of piperazine rings is 1. The van der Waals surface area contributed by atoms with Gasteiger partial charge in [0.1, 0.15) is 0 Å². The average Bonchev–Trinajstić information content (AvgIpc) is 3.10. The van der Waals surface area contributed by atoms with Crippen LogP contribution in [0, 0.1) is 5.92 Å². The van der Waals surface area contributed by atoms with Gasteiger partial charge in [0.25, 0.3) is 0 Å². The molecule has 2 amide bonds. The number of hydrogen-bond acceptors (Lipinski definition) is 4. The summed E-state index contributed by atoms with van der Waals surface area (Å²) in [7, 11) is 0. The van der Waals surface area contributed by atoms with Crippen LogP contribution in [0.25, 0.3) is 0 Å². The molecule has 0 radical (unpaired) electrons. The van der Waals surface area contributed by atoms with Crippen LogP contribution in [0.5, 0.6) is 0 Å². The molecule has 3 aliphatic rings. The number of carbonyl (C=O) groups is 2. The minimum atomic E-state index is 0. The van der Waals surface area contributed by atoms with Crippen LogP contribution in [0.2, 0.25) is 0 Å². The highest BCUT2D eigenvalue weighted by atomic mass is 35.5. The molecule has 1 unspecified atom stereocenters. The first-order valence-electron chi connectivity index (χ1n) is 10.1. The molecule has 3 rings (SSSR count). The molecule has 8 heteroatoms. The minimum absolute atomic E-state index is 0. The predicted octanol–water partition coefficient (Wildman–Crippen LogP) is 1.81. The van der Waals surface area contributed by atoms with E-state index in [1.54, 1.807) is 0 Å². The van der Waals surface area contributed by atoms with Crippen molar-refractivity contribution in [3.8, 4) is 0 Å². The minimum Gasteiger partial charge on any atom is -0.352 e. The van der Waals surface area contributed by atoms with E-state index >= 15 is 0 Å². The van der Waals surface area contributed by atoms with Gasteiger partial charge in [-0.25, -0.2) is 0 Å². The van der Waals surface area contributed by atoms with Gasteiger partial charge in [-0.15, -0.1) is 24.8 Å². The number of nitrogens with one attached hydrogen (secondary N) is 2. The van der Waals surface area contributed by atoms with Gasteiger partial charge in [0.15, 0.2) is 0 Å². The van der Waals surface area contributed by atoms with Gasteiger partial charge in [-0.05, 0) is 51.0 Å². The normalized spacial score (nSPS) is 28.8. The quantitative estimate of drug-likeness (QED) is 0.708. The molecule has 0 aromatic rings. The highest BCUT2D eigenvalue weighted by Crippen LogP contribution is 2.23. The van der Waals surface area contributed by atoms with Gasteiger partial charge >= 0.3 is 0 Å². The first-order chi connectivity index (χ1) is 12.1. The van der Waals surface area contributed by atoms with Crippen LogP contribution in [0.15, 0.2) is 0 Å². The molecule has 2 aliphatic heterocycles. The third-order valence-electron chi connectivity index (χ3n) is 6.06. The Hall–Kier alpha value is -0.560. The molecule has 2 heterocycles. The standard InChI is InChI=1S/C19H34N4O2.2ClH/c1-15-4-6-16(7-5-15)21-18(24)14-22-9-11-23(12-10-22)19(25)13-17-3-2-8-20-17;;/h15-17,20H,2-14H2,1H3,(H,21,24);2*1H. The largest absolute Gasteiger partial charge is 0.352 e. The van der Waals surface area contributed by atoms with Crippen molar-refractivity contribution >= 4 is 36.6 Å². The van der Waals surface area contributed by atoms with Crippen LogP contribution in [-0.2, 0) is 9.59 Å². The van der Waals surface area contributed by atoms with Crippen LogP contribution < -0.4 is 10.6 Å². The number of rotatable bonds is 5. The molecular weight excluding hydrogens is 387 g/mol. The maximum absolute atomic E-state index is 12.4. The summed E-state index contributed by atoms with van der Waals surface area (Å²) < 4.78 is 0. The van der Waals surface area contributed by atoms with Gasteiger partial charge in [0, 0.05) is 44.7 Å². The molecule has 0 aromatic carbocycles. The molecule has 1 aliphatic carbocycles. The number of amides is 2. The first kappa shape index (κ1) is 24.5. The van der Waals surface area contributed by atoms with Crippen LogP contribution >= 0.6 is 24.8 Å². The van der Waals surface area contributed by atoms with Gasteiger partial charge in [0.2, 0.25) is 11.8 Å². The molecule has 0 spiro atoms. The van der Waals surface area contributed by atoms with Crippen LogP contribution in [0.4, 0.5) is 0 Å². The molecule has 6 nitrogen and oxygen atoms in total. The summed E-state index contributed by atoms with van der Waals surface area (Å²) in [4.78, 5) is 28.8. The van der Waals surface area contributed by atoms with E-state index in [1.807, 2.05) is 4.90 Å². The fraction of sp³-hybridized carbons (Fsp3) is 0.895. The third-order valence-corrected chi connectivity index (χ3v) is 6.06. The van der Waals surface area contributed by atoms with Gasteiger partial charge in [0.05, 0.1) is 6.54 Å². The van der Waals surface area contributed by atoms with Crippen molar-refractivity contribution in [1.29, 1.82) is 0 Å². The summed E-state index contributed by atoms with van der Waals surface area (Å²) in [5.41, 5.74) is 0. The molecule has 2 N–H and O–H groups in total. The second-order valence-electron chi connectivity index (χ2n) is 8.18. The van der Waals surface area contributed by atoms with Crippen molar-refractivity contribution in [3.05, 3.63) is 0 Å². The fourth-order valence-electron chi connectivity index (χ4n) is 4.31. The number of nitrogens with zero attached hydrogens (tertiary/aromatic N) is 2. The zero-order valence-electron chi connectivity index (χ0n) is 16.5. The summed E-state index contributed by atoms with van der Waals surface area (Å²) in [5, 5.41) is 6.59. The molecule has 27 heavy (non-hydrogen) atoms. The zero-order chi connectivity index (χ0) is 17.6. The lowest BCUT2D eigenvalue weighted by molar-refractivity contribution is -0.133. The van der Waals surface area contributed by atoms with Crippen molar-refractivity contribution in [3.63, 3.8) is 0 Å². The molecule has 158 valence electrons. The molecule has 3 fully saturated rings. The Labute approximate surface area is 176 Å². The zero-order valence-corrected chi connectivity index (χ0v) is 18.1. The summed E-state index contributed by atoms with van der Waals surface area (Å²) in [6.45, 7) is 6.91. The van der Waals surface area contributed by atoms with E-state index in [9.17, 15) is 9.59 Å². The van der Waals surface area contributed by atoms with Crippen molar-refractivity contribution < 1.29 is 9.59 Å². The Morgan fingerprint density at radius 3 is 2.26 bits per heavy atom. The van der Waals surface area contributed by atoms with Gasteiger partial charge < -0.3 is 15.5 Å². The van der Waals surface area contributed by atoms with Crippen LogP contribution in [0.1, 0.15) is 51.9 Å². The van der Waals surface area contributed by atoms with E-state index in [2.05, 4.69) is 22.5 Å². The van der Waals surface area contributed by atoms with Crippen LogP contribution in [0.3, 0.4) is 0 Å². The van der Waals surface area contributed by atoms with Gasteiger partial charge in [-0.3, -0.25) is 14.5 Å². The maximum atomic E-state index is 12.4. The summed E-state index contributed by atoms with van der Waals surface area (Å²) in [6.07, 6.45) is 7.60. The summed E-state index contributed by atoms with van der Waals surface area (Å²) >= 11 is 0. The van der Waals surface area contributed by atoms with E-state index in [0.717, 1.165) is 57.9 Å². The highest BCUT2D eigenvalue weighted by Gasteiger charge is 2.26. The van der Waals surface area contributed by atoms with E-state index in [4.69, 9.17) is 0 Å². The first-order valence-corrected chi connectivity index (χ1v) is 10.1. The number of carbonyl (C=O) groups excluding carboxylic acids is 2. The van der Waals surface area contributed by atoms with E-state index < -0.39 is 0 Å². The Morgan fingerprint density at radius 2 is 1.67 bits per heavy atom. The lowest BCUT2D eigenvalue weighted by atomic mass is 9.87. The van der Waals surface area contributed by atoms with E-state index in [1.165, 1.54) is 19.3 Å². The molecule has 2 saturated heterocycles. The average molecular weight is 423 g/mol. The van der Waals surface area contributed by atoms with Crippen molar-refractivity contribution in [2.45, 2.75) is 64.0 Å². The summed E-state index contributed by atoms with van der Waals surface area (Å²) in [6, 6.07) is 0.736. The smallest absolute Gasteiger partial charge is 0.234 e. The molecule has 1 atom stereocenters. The third kappa shape index (κ3) is 7.76. The van der Waals surface area contributed by atoms with E-state index in [0.29, 0.717) is 25.0 Å². The Morgan fingerprint density at radius 1 is 1.00 bits per heavy atom. The Bertz CT molecular complexity index is 459. The molecule has 0 aromatic heterocycles. The van der Waals surface area contributed by atoms with Crippen LogP contribution in [-0.4, -0.2) is 73.0 Å². The molecule has 1 saturated carbocycles. The lowest BCUT2D eigenvalue weighted by Gasteiger charge is -2.35. The second kappa shape index (κ2) is 12.1. The monoisotopic (exact) mass is 422 g/mol. The van der Waals surface area contributed by atoms with Crippen molar-refractivity contribution in [2.75, 3.05) is 39.3 Å². The van der Waals surface area contributed by atoms with E-state index in [-0.39, 0.29) is 36.6 Å². The SMILES string of the molecule is CC1CCC(NC(=O)CN2CCN(C(=O)CC3CCCN3)CC2)CC1.Cl.Cl. The molecular formula is C19H36Cl2N4O2. The van der Waals surface area contributed by atoms with Crippen molar-refractivity contribution in [2.24, 2.45) is 5.92 Å². The second-order valence-corrected chi connectivity index (χ2v) is 8.18.